The lowest BCUT2D eigenvalue weighted by Crippen LogP contribution is -2.32. The molecule has 0 heterocycles. The first kappa shape index (κ1) is 16.7. The Kier molecular flexibility index (Phi) is 6.24. The van der Waals surface area contributed by atoms with Crippen molar-refractivity contribution in [3.8, 4) is 0 Å². The number of carbonyl (C=O) groups is 2. The number of ether oxygens (including phenoxy) is 2. The summed E-state index contributed by atoms with van der Waals surface area (Å²) in [6, 6.07) is 0. The van der Waals surface area contributed by atoms with Gasteiger partial charge in [0.25, 0.3) is 0 Å². The Morgan fingerprint density at radius 2 is 1.90 bits per heavy atom. The summed E-state index contributed by atoms with van der Waals surface area (Å²) in [5.41, 5.74) is -0.536. The number of hydrogen-bond acceptors (Lipinski definition) is 4. The Labute approximate surface area is 121 Å². The SMILES string of the molecule is C=CCC(COC(=O)C1CCCC1)C(=O)OC(C)(C)C. The van der Waals surface area contributed by atoms with Gasteiger partial charge >= 0.3 is 11.9 Å². The van der Waals surface area contributed by atoms with E-state index in [2.05, 4.69) is 6.58 Å². The van der Waals surface area contributed by atoms with E-state index in [4.69, 9.17) is 9.47 Å². The third kappa shape index (κ3) is 5.76. The van der Waals surface area contributed by atoms with Gasteiger partial charge in [0.2, 0.25) is 0 Å². The number of allylic oxidation sites excluding steroid dienone is 1. The molecule has 1 aliphatic rings. The lowest BCUT2D eigenvalue weighted by atomic mass is 10.1. The number of esters is 2. The maximum absolute atomic E-state index is 12.0. The van der Waals surface area contributed by atoms with Crippen molar-refractivity contribution < 1.29 is 19.1 Å². The van der Waals surface area contributed by atoms with Crippen molar-refractivity contribution in [3.05, 3.63) is 12.7 Å². The third-order valence-corrected chi connectivity index (χ3v) is 3.31. The zero-order valence-corrected chi connectivity index (χ0v) is 12.8. The summed E-state index contributed by atoms with van der Waals surface area (Å²) < 4.78 is 10.6. The van der Waals surface area contributed by atoms with Gasteiger partial charge in [-0.05, 0) is 40.0 Å². The quantitative estimate of drug-likeness (QED) is 0.554. The first-order valence-electron chi connectivity index (χ1n) is 7.34. The van der Waals surface area contributed by atoms with Crippen molar-refractivity contribution in [1.82, 2.24) is 0 Å². The Hall–Kier alpha value is -1.32. The molecule has 1 rings (SSSR count). The zero-order chi connectivity index (χ0) is 15.2. The molecule has 4 nitrogen and oxygen atoms in total. The Morgan fingerprint density at radius 1 is 1.30 bits per heavy atom. The molecule has 1 atom stereocenters. The zero-order valence-electron chi connectivity index (χ0n) is 12.8. The van der Waals surface area contributed by atoms with E-state index in [1.807, 2.05) is 20.8 Å². The number of hydrogen-bond donors (Lipinski definition) is 0. The van der Waals surface area contributed by atoms with Crippen LogP contribution in [0.5, 0.6) is 0 Å². The smallest absolute Gasteiger partial charge is 0.313 e. The second-order valence-electron chi connectivity index (χ2n) is 6.37. The molecule has 0 aromatic carbocycles. The average Bonchev–Trinajstić information content (AvgIpc) is 2.85. The maximum Gasteiger partial charge on any atom is 0.313 e. The molecule has 20 heavy (non-hydrogen) atoms. The topological polar surface area (TPSA) is 52.6 Å². The van der Waals surface area contributed by atoms with Crippen LogP contribution in [0.1, 0.15) is 52.9 Å². The van der Waals surface area contributed by atoms with Gasteiger partial charge in [-0.1, -0.05) is 18.9 Å². The molecule has 0 aromatic rings. The van der Waals surface area contributed by atoms with Gasteiger partial charge < -0.3 is 9.47 Å². The summed E-state index contributed by atoms with van der Waals surface area (Å²) >= 11 is 0. The normalized spacial score (nSPS) is 17.6. The van der Waals surface area contributed by atoms with Crippen LogP contribution < -0.4 is 0 Å². The van der Waals surface area contributed by atoms with Gasteiger partial charge in [0.1, 0.15) is 12.2 Å². The van der Waals surface area contributed by atoms with Crippen molar-refractivity contribution in [2.24, 2.45) is 11.8 Å². The van der Waals surface area contributed by atoms with E-state index < -0.39 is 11.5 Å². The van der Waals surface area contributed by atoms with Gasteiger partial charge in [-0.3, -0.25) is 9.59 Å². The third-order valence-electron chi connectivity index (χ3n) is 3.31. The van der Waals surface area contributed by atoms with Crippen LogP contribution in [-0.2, 0) is 19.1 Å². The molecule has 0 bridgehead atoms. The van der Waals surface area contributed by atoms with Crippen molar-refractivity contribution in [2.45, 2.75) is 58.5 Å². The molecule has 0 N–H and O–H groups in total. The van der Waals surface area contributed by atoms with Crippen molar-refractivity contribution >= 4 is 11.9 Å². The second-order valence-corrected chi connectivity index (χ2v) is 6.37. The molecule has 0 saturated heterocycles. The van der Waals surface area contributed by atoms with Gasteiger partial charge in [0.15, 0.2) is 0 Å². The van der Waals surface area contributed by atoms with E-state index in [-0.39, 0.29) is 24.5 Å². The largest absolute Gasteiger partial charge is 0.465 e. The molecule has 114 valence electrons. The molecule has 0 aromatic heterocycles. The highest BCUT2D eigenvalue weighted by Crippen LogP contribution is 2.26. The van der Waals surface area contributed by atoms with Crippen LogP contribution in [0.4, 0.5) is 0 Å². The molecule has 1 unspecified atom stereocenters. The fourth-order valence-corrected chi connectivity index (χ4v) is 2.28. The average molecular weight is 282 g/mol. The van der Waals surface area contributed by atoms with Gasteiger partial charge in [-0.15, -0.1) is 6.58 Å². The molecule has 1 saturated carbocycles. The van der Waals surface area contributed by atoms with Crippen LogP contribution >= 0.6 is 0 Å². The molecule has 0 aliphatic heterocycles. The van der Waals surface area contributed by atoms with Crippen LogP contribution in [0, 0.1) is 11.8 Å². The van der Waals surface area contributed by atoms with Gasteiger partial charge in [0, 0.05) is 0 Å². The predicted molar refractivity (Wildman–Crippen MR) is 77.1 cm³/mol. The molecule has 0 radical (unpaired) electrons. The Bertz CT molecular complexity index is 348. The van der Waals surface area contributed by atoms with E-state index in [0.29, 0.717) is 6.42 Å². The molecule has 0 spiro atoms. The summed E-state index contributed by atoms with van der Waals surface area (Å²) in [6.07, 6.45) is 6.07. The summed E-state index contributed by atoms with van der Waals surface area (Å²) in [5.74, 6) is -0.966. The first-order valence-corrected chi connectivity index (χ1v) is 7.34. The van der Waals surface area contributed by atoms with Crippen LogP contribution in [0.15, 0.2) is 12.7 Å². The highest BCUT2D eigenvalue weighted by Gasteiger charge is 2.28. The second kappa shape index (κ2) is 7.46. The number of carbonyl (C=O) groups excluding carboxylic acids is 2. The lowest BCUT2D eigenvalue weighted by molar-refractivity contribution is -0.164. The standard InChI is InChI=1S/C16H26O4/c1-5-8-13(15(18)20-16(2,3)4)11-19-14(17)12-9-6-7-10-12/h5,12-13H,1,6-11H2,2-4H3. The molecule has 0 amide bonds. The van der Waals surface area contributed by atoms with Gasteiger partial charge in [0.05, 0.1) is 11.8 Å². The van der Waals surface area contributed by atoms with E-state index in [9.17, 15) is 9.59 Å². The lowest BCUT2D eigenvalue weighted by Gasteiger charge is -2.23. The summed E-state index contributed by atoms with van der Waals surface area (Å²) in [5, 5.41) is 0. The fourth-order valence-electron chi connectivity index (χ4n) is 2.28. The summed E-state index contributed by atoms with van der Waals surface area (Å²) in [6.45, 7) is 9.17. The molecule has 1 fully saturated rings. The minimum Gasteiger partial charge on any atom is -0.465 e. The summed E-state index contributed by atoms with van der Waals surface area (Å²) in [4.78, 5) is 23.9. The minimum atomic E-state index is -0.536. The molecule has 4 heteroatoms. The molecule has 1 aliphatic carbocycles. The highest BCUT2D eigenvalue weighted by atomic mass is 16.6. The van der Waals surface area contributed by atoms with E-state index in [1.165, 1.54) is 0 Å². The van der Waals surface area contributed by atoms with Crippen LogP contribution in [0.25, 0.3) is 0 Å². The predicted octanol–water partition coefficient (Wildman–Crippen LogP) is 3.25. The van der Waals surface area contributed by atoms with Crippen LogP contribution in [0.2, 0.25) is 0 Å². The minimum absolute atomic E-state index is 0.0121. The van der Waals surface area contributed by atoms with Gasteiger partial charge in [-0.2, -0.15) is 0 Å². The summed E-state index contributed by atoms with van der Waals surface area (Å²) in [7, 11) is 0. The van der Waals surface area contributed by atoms with Crippen LogP contribution in [0.3, 0.4) is 0 Å². The van der Waals surface area contributed by atoms with Crippen molar-refractivity contribution in [3.63, 3.8) is 0 Å². The highest BCUT2D eigenvalue weighted by molar-refractivity contribution is 5.75. The van der Waals surface area contributed by atoms with E-state index >= 15 is 0 Å². The molecular weight excluding hydrogens is 256 g/mol. The Balaban J connectivity index is 2.47. The fraction of sp³-hybridized carbons (Fsp3) is 0.750. The Morgan fingerprint density at radius 3 is 2.40 bits per heavy atom. The monoisotopic (exact) mass is 282 g/mol. The maximum atomic E-state index is 12.0. The molecular formula is C16H26O4. The number of rotatable bonds is 6. The first-order chi connectivity index (χ1) is 9.33. The van der Waals surface area contributed by atoms with E-state index in [1.54, 1.807) is 6.08 Å². The van der Waals surface area contributed by atoms with Gasteiger partial charge in [-0.25, -0.2) is 0 Å². The van der Waals surface area contributed by atoms with Crippen molar-refractivity contribution in [1.29, 1.82) is 0 Å². The van der Waals surface area contributed by atoms with E-state index in [0.717, 1.165) is 25.7 Å². The van der Waals surface area contributed by atoms with Crippen LogP contribution in [-0.4, -0.2) is 24.1 Å². The van der Waals surface area contributed by atoms with Crippen molar-refractivity contribution in [2.75, 3.05) is 6.61 Å².